The predicted molar refractivity (Wildman–Crippen MR) is 72.1 cm³/mol. The molecule has 0 saturated heterocycles. The van der Waals surface area contributed by atoms with Crippen molar-refractivity contribution < 1.29 is 9.53 Å². The summed E-state index contributed by atoms with van der Waals surface area (Å²) in [6.45, 7) is 6.56. The van der Waals surface area contributed by atoms with E-state index >= 15 is 0 Å². The zero-order valence-electron chi connectivity index (χ0n) is 11.1. The summed E-state index contributed by atoms with van der Waals surface area (Å²) < 4.78 is 5.62. The first-order chi connectivity index (χ1) is 8.68. The number of hydrogen-bond donors (Lipinski definition) is 1. The molecule has 1 aromatic rings. The lowest BCUT2D eigenvalue weighted by molar-refractivity contribution is 0.0829. The van der Waals surface area contributed by atoms with E-state index in [1.165, 1.54) is 0 Å². The maximum atomic E-state index is 12.2. The number of nitrogens with one attached hydrogen (secondary N) is 1. The van der Waals surface area contributed by atoms with E-state index < -0.39 is 0 Å². The molecule has 1 aliphatic heterocycles. The lowest BCUT2D eigenvalue weighted by Gasteiger charge is -2.24. The number of carbonyl (C=O) groups excluding carboxylic acids is 1. The summed E-state index contributed by atoms with van der Waals surface area (Å²) in [5.41, 5.74) is 0.722. The third-order valence-electron chi connectivity index (χ3n) is 3.25. The number of hydrogen-bond acceptors (Lipinski definition) is 3. The zero-order valence-corrected chi connectivity index (χ0v) is 11.1. The third-order valence-corrected chi connectivity index (χ3v) is 3.25. The molecule has 1 aromatic carbocycles. The van der Waals surface area contributed by atoms with E-state index in [0.29, 0.717) is 19.1 Å². The van der Waals surface area contributed by atoms with Gasteiger partial charge in [0.05, 0.1) is 18.1 Å². The summed E-state index contributed by atoms with van der Waals surface area (Å²) in [6, 6.07) is 7.48. The van der Waals surface area contributed by atoms with Crippen molar-refractivity contribution >= 4 is 5.78 Å². The number of benzene rings is 1. The first kappa shape index (κ1) is 13.1. The molecule has 0 aliphatic carbocycles. The van der Waals surface area contributed by atoms with Crippen LogP contribution in [0.1, 0.15) is 30.6 Å². The van der Waals surface area contributed by atoms with Gasteiger partial charge >= 0.3 is 0 Å². The molecule has 0 radical (unpaired) electrons. The lowest BCUT2D eigenvalue weighted by Crippen LogP contribution is -2.36. The van der Waals surface area contributed by atoms with Crippen LogP contribution in [0.4, 0.5) is 0 Å². The third kappa shape index (κ3) is 3.10. The van der Waals surface area contributed by atoms with Crippen LogP contribution in [0, 0.1) is 11.8 Å². The Hall–Kier alpha value is -1.35. The van der Waals surface area contributed by atoms with Gasteiger partial charge in [0.25, 0.3) is 0 Å². The summed E-state index contributed by atoms with van der Waals surface area (Å²) in [7, 11) is 0. The molecule has 0 amide bonds. The normalized spacial score (nSPS) is 18.6. The fraction of sp³-hybridized carbons (Fsp3) is 0.533. The molecule has 1 heterocycles. The second-order valence-electron chi connectivity index (χ2n) is 5.25. The standard InChI is InChI=1S/C15H21NO2/c1-11(2)7-8-16-9-12-10-18-14-6-4-3-5-13(14)15(12)17/h3-6,11-12,16H,7-10H2,1-2H3/t12-/m0/s1. The van der Waals surface area contributed by atoms with Gasteiger partial charge in [0.1, 0.15) is 5.75 Å². The van der Waals surface area contributed by atoms with Crippen molar-refractivity contribution in [3.05, 3.63) is 29.8 Å². The number of ether oxygens (including phenoxy) is 1. The van der Waals surface area contributed by atoms with Crippen LogP contribution in [-0.2, 0) is 0 Å². The fourth-order valence-electron chi connectivity index (χ4n) is 2.10. The zero-order chi connectivity index (χ0) is 13.0. The molecule has 1 N–H and O–H groups in total. The predicted octanol–water partition coefficient (Wildman–Crippen LogP) is 2.51. The Balaban J connectivity index is 1.88. The number of fused-ring (bicyclic) bond motifs is 1. The number of para-hydroxylation sites is 1. The molecule has 1 atom stereocenters. The van der Waals surface area contributed by atoms with E-state index in [2.05, 4.69) is 19.2 Å². The highest BCUT2D eigenvalue weighted by atomic mass is 16.5. The molecule has 0 saturated carbocycles. The van der Waals surface area contributed by atoms with Crippen LogP contribution in [0.5, 0.6) is 5.75 Å². The second-order valence-corrected chi connectivity index (χ2v) is 5.25. The average Bonchev–Trinajstić information content (AvgIpc) is 2.37. The molecule has 0 unspecified atom stereocenters. The Labute approximate surface area is 109 Å². The van der Waals surface area contributed by atoms with Gasteiger partial charge in [-0.15, -0.1) is 0 Å². The first-order valence-electron chi connectivity index (χ1n) is 6.65. The van der Waals surface area contributed by atoms with Gasteiger partial charge in [-0.3, -0.25) is 4.79 Å². The van der Waals surface area contributed by atoms with E-state index in [4.69, 9.17) is 4.74 Å². The number of ketones is 1. The Kier molecular flexibility index (Phi) is 4.37. The summed E-state index contributed by atoms with van der Waals surface area (Å²) in [6.07, 6.45) is 1.14. The number of rotatable bonds is 5. The van der Waals surface area contributed by atoms with Gasteiger partial charge in [0, 0.05) is 6.54 Å². The lowest BCUT2D eigenvalue weighted by atomic mass is 9.95. The molecule has 3 nitrogen and oxygen atoms in total. The van der Waals surface area contributed by atoms with Crippen molar-refractivity contribution in [3.63, 3.8) is 0 Å². The van der Waals surface area contributed by atoms with Crippen molar-refractivity contribution in [1.82, 2.24) is 5.32 Å². The first-order valence-corrected chi connectivity index (χ1v) is 6.65. The maximum absolute atomic E-state index is 12.2. The van der Waals surface area contributed by atoms with E-state index in [9.17, 15) is 4.79 Å². The SMILES string of the molecule is CC(C)CCNC[C@H]1COc2ccccc2C1=O. The van der Waals surface area contributed by atoms with Gasteiger partial charge in [-0.2, -0.15) is 0 Å². The molecular weight excluding hydrogens is 226 g/mol. The molecule has 0 fully saturated rings. The van der Waals surface area contributed by atoms with E-state index in [1.54, 1.807) is 0 Å². The molecule has 1 aliphatic rings. The molecule has 0 spiro atoms. The molecule has 98 valence electrons. The van der Waals surface area contributed by atoms with Crippen LogP contribution >= 0.6 is 0 Å². The Bertz CT molecular complexity index is 415. The molecule has 0 aromatic heterocycles. The van der Waals surface area contributed by atoms with Crippen molar-refractivity contribution in [2.45, 2.75) is 20.3 Å². The smallest absolute Gasteiger partial charge is 0.174 e. The number of Topliss-reactive ketones (excluding diaryl/α,β-unsaturated/α-hetero) is 1. The van der Waals surface area contributed by atoms with Crippen LogP contribution in [0.15, 0.2) is 24.3 Å². The minimum absolute atomic E-state index is 0.0490. The summed E-state index contributed by atoms with van der Waals surface area (Å²) in [4.78, 5) is 12.2. The van der Waals surface area contributed by atoms with Crippen LogP contribution in [-0.4, -0.2) is 25.5 Å². The largest absolute Gasteiger partial charge is 0.492 e. The molecule has 0 bridgehead atoms. The fourth-order valence-corrected chi connectivity index (χ4v) is 2.10. The van der Waals surface area contributed by atoms with Gasteiger partial charge in [-0.05, 0) is 31.0 Å². The van der Waals surface area contributed by atoms with Crippen molar-refractivity contribution in [2.75, 3.05) is 19.7 Å². The van der Waals surface area contributed by atoms with Gasteiger partial charge in [-0.1, -0.05) is 26.0 Å². The summed E-state index contributed by atoms with van der Waals surface area (Å²) >= 11 is 0. The number of carbonyl (C=O) groups is 1. The minimum Gasteiger partial charge on any atom is -0.492 e. The Morgan fingerprint density at radius 1 is 1.39 bits per heavy atom. The molecular formula is C15H21NO2. The van der Waals surface area contributed by atoms with Crippen LogP contribution < -0.4 is 10.1 Å². The Morgan fingerprint density at radius 2 is 2.17 bits per heavy atom. The summed E-state index contributed by atoms with van der Waals surface area (Å²) in [5, 5.41) is 3.35. The van der Waals surface area contributed by atoms with E-state index in [1.807, 2.05) is 24.3 Å². The van der Waals surface area contributed by atoms with Gasteiger partial charge in [0.2, 0.25) is 0 Å². The summed E-state index contributed by atoms with van der Waals surface area (Å²) in [5.74, 6) is 1.57. The molecule has 18 heavy (non-hydrogen) atoms. The van der Waals surface area contributed by atoms with Crippen LogP contribution in [0.3, 0.4) is 0 Å². The van der Waals surface area contributed by atoms with Crippen LogP contribution in [0.25, 0.3) is 0 Å². The van der Waals surface area contributed by atoms with E-state index in [0.717, 1.165) is 24.3 Å². The van der Waals surface area contributed by atoms with Gasteiger partial charge in [0.15, 0.2) is 5.78 Å². The van der Waals surface area contributed by atoms with Crippen molar-refractivity contribution in [3.8, 4) is 5.75 Å². The van der Waals surface area contributed by atoms with Crippen LogP contribution in [0.2, 0.25) is 0 Å². The van der Waals surface area contributed by atoms with Gasteiger partial charge in [-0.25, -0.2) is 0 Å². The van der Waals surface area contributed by atoms with Crippen molar-refractivity contribution in [2.24, 2.45) is 11.8 Å². The highest BCUT2D eigenvalue weighted by molar-refractivity contribution is 6.01. The quantitative estimate of drug-likeness (QED) is 0.812. The van der Waals surface area contributed by atoms with E-state index in [-0.39, 0.29) is 11.7 Å². The Morgan fingerprint density at radius 3 is 2.94 bits per heavy atom. The highest BCUT2D eigenvalue weighted by Gasteiger charge is 2.27. The maximum Gasteiger partial charge on any atom is 0.174 e. The van der Waals surface area contributed by atoms with Crippen molar-refractivity contribution in [1.29, 1.82) is 0 Å². The average molecular weight is 247 g/mol. The monoisotopic (exact) mass is 247 g/mol. The second kappa shape index (κ2) is 6.01. The topological polar surface area (TPSA) is 38.3 Å². The molecule has 2 rings (SSSR count). The molecule has 3 heteroatoms. The highest BCUT2D eigenvalue weighted by Crippen LogP contribution is 2.26. The minimum atomic E-state index is -0.0490. The van der Waals surface area contributed by atoms with Gasteiger partial charge < -0.3 is 10.1 Å².